The van der Waals surface area contributed by atoms with Gasteiger partial charge in [-0.2, -0.15) is 0 Å². The van der Waals surface area contributed by atoms with Crippen LogP contribution >= 0.6 is 0 Å². The molecule has 1 saturated heterocycles. The van der Waals surface area contributed by atoms with Crippen molar-refractivity contribution in [3.05, 3.63) is 18.1 Å². The first-order valence-corrected chi connectivity index (χ1v) is 9.24. The van der Waals surface area contributed by atoms with Crippen LogP contribution in [-0.2, 0) is 4.74 Å². The van der Waals surface area contributed by atoms with Gasteiger partial charge in [0.25, 0.3) is 0 Å². The third-order valence-electron chi connectivity index (χ3n) is 5.35. The second-order valence-electron chi connectivity index (χ2n) is 7.13. The smallest absolute Gasteiger partial charge is 0.148 e. The number of anilines is 1. The van der Waals surface area contributed by atoms with Crippen LogP contribution in [0.4, 0.5) is 5.82 Å². The molecular weight excluding hydrogens is 332 g/mol. The van der Waals surface area contributed by atoms with Gasteiger partial charge in [0.15, 0.2) is 0 Å². The summed E-state index contributed by atoms with van der Waals surface area (Å²) in [7, 11) is 0. The average Bonchev–Trinajstić information content (AvgIpc) is 3.22. The maximum Gasteiger partial charge on any atom is 0.148 e. The summed E-state index contributed by atoms with van der Waals surface area (Å²) in [4.78, 5) is 8.46. The monoisotopic (exact) mass is 356 g/mol. The Kier molecular flexibility index (Phi) is 4.81. The minimum Gasteiger partial charge on any atom is -0.394 e. The van der Waals surface area contributed by atoms with E-state index in [1.807, 2.05) is 10.8 Å². The molecule has 0 unspecified atom stereocenters. The first kappa shape index (κ1) is 17.3. The molecule has 2 fully saturated rings. The molecule has 2 aromatic rings. The van der Waals surface area contributed by atoms with E-state index in [2.05, 4.69) is 21.8 Å². The molecule has 4 rings (SSSR count). The molecule has 0 bridgehead atoms. The van der Waals surface area contributed by atoms with Crippen LogP contribution in [0.2, 0.25) is 0 Å². The van der Waals surface area contributed by atoms with E-state index in [1.54, 1.807) is 0 Å². The number of nitrogen functional groups attached to an aromatic ring is 1. The van der Waals surface area contributed by atoms with E-state index in [4.69, 9.17) is 10.5 Å². The molecule has 3 atom stereocenters. The molecule has 7 heteroatoms. The molecule has 2 aromatic heterocycles. The van der Waals surface area contributed by atoms with Crippen molar-refractivity contribution in [1.82, 2.24) is 14.5 Å². The summed E-state index contributed by atoms with van der Waals surface area (Å²) in [5.74, 6) is 7.48. The van der Waals surface area contributed by atoms with Crippen LogP contribution in [0, 0.1) is 17.8 Å². The Morgan fingerprint density at radius 2 is 2.08 bits per heavy atom. The summed E-state index contributed by atoms with van der Waals surface area (Å²) in [5.41, 5.74) is 7.52. The number of fused-ring (bicyclic) bond motifs is 1. The second-order valence-corrected chi connectivity index (χ2v) is 7.13. The zero-order chi connectivity index (χ0) is 18.1. The molecule has 1 aliphatic carbocycles. The maximum absolute atomic E-state index is 10.0. The lowest BCUT2D eigenvalue weighted by molar-refractivity contribution is -0.0430. The molecule has 0 radical (unpaired) electrons. The van der Waals surface area contributed by atoms with Crippen LogP contribution in [0.25, 0.3) is 11.0 Å². The van der Waals surface area contributed by atoms with Gasteiger partial charge in [-0.3, -0.25) is 0 Å². The lowest BCUT2D eigenvalue weighted by Gasteiger charge is -2.15. The summed E-state index contributed by atoms with van der Waals surface area (Å²) < 4.78 is 7.62. The lowest BCUT2D eigenvalue weighted by atomic mass is 9.90. The van der Waals surface area contributed by atoms with Crippen molar-refractivity contribution in [1.29, 1.82) is 0 Å². The van der Waals surface area contributed by atoms with Gasteiger partial charge in [-0.25, -0.2) is 9.97 Å². The molecule has 0 aromatic carbocycles. The van der Waals surface area contributed by atoms with E-state index in [-0.39, 0.29) is 6.61 Å². The molecule has 26 heavy (non-hydrogen) atoms. The molecule has 1 saturated carbocycles. The number of hydrogen-bond acceptors (Lipinski definition) is 6. The van der Waals surface area contributed by atoms with E-state index in [0.29, 0.717) is 23.8 Å². The summed E-state index contributed by atoms with van der Waals surface area (Å²) in [6, 6.07) is 0. The zero-order valence-electron chi connectivity index (χ0n) is 14.6. The standard InChI is InChI=1S/C19H24N4O3/c20-18-17-13(7-6-12-4-2-1-3-5-12)9-23(19(17)22-11-21-18)16-8-14(25)15(10-24)26-16/h9,11-12,14-16,24-25H,1-5,8,10H2,(H2,20,21,22)/t14-,15+,16+/m0/s1. The third-order valence-corrected chi connectivity index (χ3v) is 5.35. The molecule has 4 N–H and O–H groups in total. The van der Waals surface area contributed by atoms with Crippen molar-refractivity contribution in [2.24, 2.45) is 5.92 Å². The Bertz CT molecular complexity index is 848. The topological polar surface area (TPSA) is 106 Å². The van der Waals surface area contributed by atoms with Gasteiger partial charge in [-0.1, -0.05) is 31.1 Å². The third kappa shape index (κ3) is 3.16. The van der Waals surface area contributed by atoms with Crippen LogP contribution < -0.4 is 5.73 Å². The Morgan fingerprint density at radius 3 is 2.81 bits per heavy atom. The molecular formula is C19H24N4O3. The van der Waals surface area contributed by atoms with Crippen LogP contribution in [0.1, 0.15) is 50.3 Å². The van der Waals surface area contributed by atoms with Crippen LogP contribution in [0.5, 0.6) is 0 Å². The van der Waals surface area contributed by atoms with Crippen LogP contribution in [0.3, 0.4) is 0 Å². The van der Waals surface area contributed by atoms with Gasteiger partial charge in [-0.05, 0) is 12.8 Å². The van der Waals surface area contributed by atoms with Gasteiger partial charge in [0.05, 0.1) is 23.7 Å². The Balaban J connectivity index is 1.71. The number of nitrogens with two attached hydrogens (primary N) is 1. The summed E-state index contributed by atoms with van der Waals surface area (Å²) in [5, 5.41) is 20.1. The highest BCUT2D eigenvalue weighted by Crippen LogP contribution is 2.34. The number of aliphatic hydroxyl groups excluding tert-OH is 2. The summed E-state index contributed by atoms with van der Waals surface area (Å²) in [6.45, 7) is -0.220. The molecule has 3 heterocycles. The van der Waals surface area contributed by atoms with Gasteiger partial charge in [0.1, 0.15) is 30.1 Å². The van der Waals surface area contributed by atoms with Gasteiger partial charge < -0.3 is 25.3 Å². The first-order chi connectivity index (χ1) is 12.7. The fourth-order valence-electron chi connectivity index (χ4n) is 3.90. The van der Waals surface area contributed by atoms with Crippen molar-refractivity contribution < 1.29 is 14.9 Å². The molecule has 7 nitrogen and oxygen atoms in total. The number of hydrogen-bond donors (Lipinski definition) is 3. The van der Waals surface area contributed by atoms with Crippen LogP contribution in [0.15, 0.2) is 12.5 Å². The lowest BCUT2D eigenvalue weighted by Crippen LogP contribution is -2.24. The molecule has 1 aliphatic heterocycles. The van der Waals surface area contributed by atoms with Gasteiger partial charge in [0.2, 0.25) is 0 Å². The SMILES string of the molecule is Nc1ncnc2c1c(C#CC1CCCCC1)cn2[C@H]1C[C@H](O)[C@@H](CO)O1. The van der Waals surface area contributed by atoms with Crippen molar-refractivity contribution >= 4 is 16.9 Å². The van der Waals surface area contributed by atoms with E-state index in [9.17, 15) is 10.2 Å². The van der Waals surface area contributed by atoms with Crippen LogP contribution in [-0.4, -0.2) is 43.6 Å². The van der Waals surface area contributed by atoms with E-state index in [0.717, 1.165) is 23.8 Å². The van der Waals surface area contributed by atoms with Gasteiger partial charge >= 0.3 is 0 Å². The van der Waals surface area contributed by atoms with Crippen molar-refractivity contribution in [3.8, 4) is 11.8 Å². The summed E-state index contributed by atoms with van der Waals surface area (Å²) in [6.07, 6.45) is 8.04. The maximum atomic E-state index is 10.0. The number of aliphatic hydroxyl groups is 2. The zero-order valence-corrected chi connectivity index (χ0v) is 14.6. The number of aromatic nitrogens is 3. The predicted molar refractivity (Wildman–Crippen MR) is 97.0 cm³/mol. The predicted octanol–water partition coefficient (Wildman–Crippen LogP) is 1.59. The normalized spacial score (nSPS) is 26.8. The number of nitrogens with zero attached hydrogens (tertiary/aromatic N) is 3. The highest BCUT2D eigenvalue weighted by molar-refractivity contribution is 5.92. The van der Waals surface area contributed by atoms with Gasteiger partial charge in [-0.15, -0.1) is 0 Å². The molecule has 138 valence electrons. The number of ether oxygens (including phenoxy) is 1. The Hall–Kier alpha value is -2.14. The van der Waals surface area contributed by atoms with Crippen molar-refractivity contribution in [2.75, 3.05) is 12.3 Å². The fraction of sp³-hybridized carbons (Fsp3) is 0.579. The van der Waals surface area contributed by atoms with Crippen molar-refractivity contribution in [2.45, 2.75) is 57.0 Å². The minimum atomic E-state index is -0.710. The Labute approximate surface area is 152 Å². The Morgan fingerprint density at radius 1 is 1.27 bits per heavy atom. The van der Waals surface area contributed by atoms with E-state index < -0.39 is 18.4 Å². The molecule has 2 aliphatic rings. The van der Waals surface area contributed by atoms with E-state index >= 15 is 0 Å². The fourth-order valence-corrected chi connectivity index (χ4v) is 3.90. The molecule has 0 amide bonds. The molecule has 0 spiro atoms. The summed E-state index contributed by atoms with van der Waals surface area (Å²) >= 11 is 0. The average molecular weight is 356 g/mol. The van der Waals surface area contributed by atoms with Crippen molar-refractivity contribution in [3.63, 3.8) is 0 Å². The highest BCUT2D eigenvalue weighted by Gasteiger charge is 2.35. The minimum absolute atomic E-state index is 0.220. The second kappa shape index (κ2) is 7.23. The highest BCUT2D eigenvalue weighted by atomic mass is 16.5. The van der Waals surface area contributed by atoms with Gasteiger partial charge in [0, 0.05) is 18.5 Å². The number of rotatable bonds is 2. The first-order valence-electron chi connectivity index (χ1n) is 9.24. The van der Waals surface area contributed by atoms with E-state index in [1.165, 1.54) is 25.6 Å². The largest absolute Gasteiger partial charge is 0.394 e. The quantitative estimate of drug-likeness (QED) is 0.706.